The minimum atomic E-state index is 0.125. The molecule has 0 bridgehead atoms. The molecular formula is C17H21N5O2. The number of anilines is 1. The Balaban J connectivity index is 1.78. The molecule has 4 heterocycles. The number of aromatic nitrogens is 2. The number of carbonyl (C=O) groups excluding carboxylic acids is 1. The molecule has 0 saturated carbocycles. The second kappa shape index (κ2) is 6.24. The lowest BCUT2D eigenvalue weighted by Crippen LogP contribution is -2.49. The molecule has 2 aliphatic heterocycles. The van der Waals surface area contributed by atoms with Gasteiger partial charge in [0.25, 0.3) is 0 Å². The van der Waals surface area contributed by atoms with E-state index >= 15 is 0 Å². The Hall–Kier alpha value is -2.41. The SMILES string of the molecule is CN1CCN(c2nc(-c3ccco3)nc3c2CCNCC3)CC1=O. The average Bonchev–Trinajstić information content (AvgIpc) is 3.02. The van der Waals surface area contributed by atoms with Gasteiger partial charge in [0.05, 0.1) is 18.5 Å². The van der Waals surface area contributed by atoms with Crippen LogP contribution in [0.25, 0.3) is 11.6 Å². The van der Waals surface area contributed by atoms with Crippen molar-refractivity contribution in [3.63, 3.8) is 0 Å². The zero-order chi connectivity index (χ0) is 16.5. The van der Waals surface area contributed by atoms with Gasteiger partial charge >= 0.3 is 0 Å². The molecule has 1 fully saturated rings. The van der Waals surface area contributed by atoms with E-state index in [0.29, 0.717) is 24.7 Å². The highest BCUT2D eigenvalue weighted by Crippen LogP contribution is 2.28. The van der Waals surface area contributed by atoms with Crippen LogP contribution in [0.3, 0.4) is 0 Å². The number of likely N-dealkylation sites (N-methyl/N-ethyl adjacent to an activating group) is 1. The molecule has 0 radical (unpaired) electrons. The molecule has 7 heteroatoms. The Morgan fingerprint density at radius 1 is 1.21 bits per heavy atom. The highest BCUT2D eigenvalue weighted by molar-refractivity contribution is 5.82. The summed E-state index contributed by atoms with van der Waals surface area (Å²) in [7, 11) is 1.85. The molecule has 1 N–H and O–H groups in total. The van der Waals surface area contributed by atoms with Crippen molar-refractivity contribution in [1.82, 2.24) is 20.2 Å². The fraction of sp³-hybridized carbons (Fsp3) is 0.471. The predicted molar refractivity (Wildman–Crippen MR) is 89.9 cm³/mol. The van der Waals surface area contributed by atoms with Crippen molar-refractivity contribution in [2.45, 2.75) is 12.8 Å². The van der Waals surface area contributed by atoms with Crippen LogP contribution in [0.4, 0.5) is 5.82 Å². The first-order valence-corrected chi connectivity index (χ1v) is 8.35. The Morgan fingerprint density at radius 2 is 2.08 bits per heavy atom. The van der Waals surface area contributed by atoms with Crippen LogP contribution in [0.5, 0.6) is 0 Å². The van der Waals surface area contributed by atoms with E-state index in [0.717, 1.165) is 49.6 Å². The van der Waals surface area contributed by atoms with E-state index in [1.54, 1.807) is 11.2 Å². The van der Waals surface area contributed by atoms with E-state index in [1.807, 2.05) is 19.2 Å². The lowest BCUT2D eigenvalue weighted by molar-refractivity contribution is -0.129. The predicted octanol–water partition coefficient (Wildman–Crippen LogP) is 0.703. The molecule has 7 nitrogen and oxygen atoms in total. The van der Waals surface area contributed by atoms with Crippen molar-refractivity contribution in [3.05, 3.63) is 29.7 Å². The molecule has 126 valence electrons. The normalized spacial score (nSPS) is 18.5. The Labute approximate surface area is 140 Å². The number of nitrogens with one attached hydrogen (secondary N) is 1. The lowest BCUT2D eigenvalue weighted by Gasteiger charge is -2.34. The van der Waals surface area contributed by atoms with E-state index in [4.69, 9.17) is 14.4 Å². The summed E-state index contributed by atoms with van der Waals surface area (Å²) in [6.45, 7) is 3.68. The highest BCUT2D eigenvalue weighted by Gasteiger charge is 2.27. The van der Waals surface area contributed by atoms with Gasteiger partial charge in [0, 0.05) is 38.7 Å². The summed E-state index contributed by atoms with van der Waals surface area (Å²) in [4.78, 5) is 25.5. The third-order valence-corrected chi connectivity index (χ3v) is 4.66. The zero-order valence-electron chi connectivity index (χ0n) is 13.8. The van der Waals surface area contributed by atoms with Crippen LogP contribution in [0.15, 0.2) is 22.8 Å². The molecule has 1 saturated heterocycles. The number of fused-ring (bicyclic) bond motifs is 1. The second-order valence-corrected chi connectivity index (χ2v) is 6.26. The van der Waals surface area contributed by atoms with E-state index in [9.17, 15) is 4.79 Å². The molecule has 24 heavy (non-hydrogen) atoms. The summed E-state index contributed by atoms with van der Waals surface area (Å²) in [5, 5.41) is 3.41. The number of nitrogens with zero attached hydrogens (tertiary/aromatic N) is 4. The standard InChI is InChI=1S/C17H21N5O2/c1-21-8-9-22(11-15(21)23)17-12-4-6-18-7-5-13(12)19-16(20-17)14-3-2-10-24-14/h2-3,10,18H,4-9,11H2,1H3. The van der Waals surface area contributed by atoms with Crippen LogP contribution in [0.2, 0.25) is 0 Å². The Bertz CT molecular complexity index is 744. The molecule has 2 aromatic rings. The van der Waals surface area contributed by atoms with Gasteiger partial charge in [-0.2, -0.15) is 0 Å². The smallest absolute Gasteiger partial charge is 0.241 e. The molecular weight excluding hydrogens is 306 g/mol. The van der Waals surface area contributed by atoms with Crippen LogP contribution < -0.4 is 10.2 Å². The van der Waals surface area contributed by atoms with Gasteiger partial charge < -0.3 is 19.5 Å². The summed E-state index contributed by atoms with van der Waals surface area (Å²) in [6, 6.07) is 3.71. The molecule has 0 atom stereocenters. The summed E-state index contributed by atoms with van der Waals surface area (Å²) < 4.78 is 5.49. The van der Waals surface area contributed by atoms with Crippen LogP contribution in [-0.4, -0.2) is 60.5 Å². The van der Waals surface area contributed by atoms with Crippen LogP contribution >= 0.6 is 0 Å². The van der Waals surface area contributed by atoms with Crippen LogP contribution in [0.1, 0.15) is 11.3 Å². The highest BCUT2D eigenvalue weighted by atomic mass is 16.3. The van der Waals surface area contributed by atoms with Crippen molar-refractivity contribution in [2.24, 2.45) is 0 Å². The third-order valence-electron chi connectivity index (χ3n) is 4.66. The Kier molecular flexibility index (Phi) is 3.93. The number of piperazine rings is 1. The first kappa shape index (κ1) is 15.1. The van der Waals surface area contributed by atoms with Crippen molar-refractivity contribution in [2.75, 3.05) is 44.7 Å². The van der Waals surface area contributed by atoms with Crippen molar-refractivity contribution in [3.8, 4) is 11.6 Å². The number of amides is 1. The molecule has 0 unspecified atom stereocenters. The minimum Gasteiger partial charge on any atom is -0.461 e. The molecule has 1 amide bonds. The maximum absolute atomic E-state index is 12.1. The van der Waals surface area contributed by atoms with Gasteiger partial charge in [-0.3, -0.25) is 4.79 Å². The summed E-state index contributed by atoms with van der Waals surface area (Å²) >= 11 is 0. The maximum atomic E-state index is 12.1. The molecule has 0 spiro atoms. The zero-order valence-corrected chi connectivity index (χ0v) is 13.8. The molecule has 2 aromatic heterocycles. The fourth-order valence-electron chi connectivity index (χ4n) is 3.24. The third kappa shape index (κ3) is 2.75. The van der Waals surface area contributed by atoms with Crippen molar-refractivity contribution in [1.29, 1.82) is 0 Å². The van der Waals surface area contributed by atoms with E-state index in [1.165, 1.54) is 0 Å². The molecule has 0 aliphatic carbocycles. The summed E-state index contributed by atoms with van der Waals surface area (Å²) in [6.07, 6.45) is 3.37. The number of rotatable bonds is 2. The van der Waals surface area contributed by atoms with Gasteiger partial charge in [-0.25, -0.2) is 9.97 Å². The Morgan fingerprint density at radius 3 is 2.88 bits per heavy atom. The van der Waals surface area contributed by atoms with Crippen LogP contribution in [-0.2, 0) is 17.6 Å². The average molecular weight is 327 g/mol. The first-order valence-electron chi connectivity index (χ1n) is 8.35. The summed E-state index contributed by atoms with van der Waals surface area (Å²) in [5.41, 5.74) is 2.22. The number of hydrogen-bond donors (Lipinski definition) is 1. The molecule has 2 aliphatic rings. The summed E-state index contributed by atoms with van der Waals surface area (Å²) in [5.74, 6) is 2.27. The maximum Gasteiger partial charge on any atom is 0.241 e. The van der Waals surface area contributed by atoms with Gasteiger partial charge in [-0.1, -0.05) is 0 Å². The lowest BCUT2D eigenvalue weighted by atomic mass is 10.1. The van der Waals surface area contributed by atoms with Crippen molar-refractivity contribution >= 4 is 11.7 Å². The van der Waals surface area contributed by atoms with Gasteiger partial charge in [0.2, 0.25) is 5.91 Å². The van der Waals surface area contributed by atoms with E-state index in [-0.39, 0.29) is 5.91 Å². The topological polar surface area (TPSA) is 74.5 Å². The first-order chi connectivity index (χ1) is 11.7. The second-order valence-electron chi connectivity index (χ2n) is 6.26. The fourth-order valence-corrected chi connectivity index (χ4v) is 3.24. The largest absolute Gasteiger partial charge is 0.461 e. The monoisotopic (exact) mass is 327 g/mol. The molecule has 0 aromatic carbocycles. The van der Waals surface area contributed by atoms with E-state index < -0.39 is 0 Å². The van der Waals surface area contributed by atoms with Crippen molar-refractivity contribution < 1.29 is 9.21 Å². The van der Waals surface area contributed by atoms with Gasteiger partial charge in [0.1, 0.15) is 5.82 Å². The van der Waals surface area contributed by atoms with Gasteiger partial charge in [-0.15, -0.1) is 0 Å². The minimum absolute atomic E-state index is 0.125. The number of furan rings is 1. The van der Waals surface area contributed by atoms with Gasteiger partial charge in [-0.05, 0) is 25.1 Å². The van der Waals surface area contributed by atoms with E-state index in [2.05, 4.69) is 10.2 Å². The van der Waals surface area contributed by atoms with Gasteiger partial charge in [0.15, 0.2) is 11.6 Å². The van der Waals surface area contributed by atoms with Crippen LogP contribution in [0, 0.1) is 0 Å². The number of hydrogen-bond acceptors (Lipinski definition) is 6. The number of carbonyl (C=O) groups is 1. The quantitative estimate of drug-likeness (QED) is 0.875. The molecule has 4 rings (SSSR count).